The summed E-state index contributed by atoms with van der Waals surface area (Å²) < 4.78 is 104. The largest absolute Gasteiger partial charge is 0.456 e. The number of amides is 1. The molecular weight excluding hydrogens is 413 g/mol. The Morgan fingerprint density at radius 3 is 2.67 bits per heavy atom. The van der Waals surface area contributed by atoms with Crippen LogP contribution in [0.3, 0.4) is 0 Å². The highest BCUT2D eigenvalue weighted by Gasteiger charge is 2.32. The van der Waals surface area contributed by atoms with Crippen molar-refractivity contribution in [2.75, 3.05) is 19.5 Å². The fraction of sp³-hybridized carbons (Fsp3) is 0.176. The quantitative estimate of drug-likeness (QED) is 0.796. The molecule has 0 spiro atoms. The highest BCUT2D eigenvalue weighted by Crippen LogP contribution is 2.34. The molecule has 2 aromatic rings. The van der Waals surface area contributed by atoms with Crippen LogP contribution in [0.15, 0.2) is 41.2 Å². The van der Waals surface area contributed by atoms with E-state index in [1.54, 1.807) is 0 Å². The minimum atomic E-state index is -5.81. The van der Waals surface area contributed by atoms with E-state index in [-0.39, 0.29) is 15.8 Å². The molecule has 2 aromatic carbocycles. The third kappa shape index (κ3) is 4.34. The molecule has 0 aromatic heterocycles. The van der Waals surface area contributed by atoms with Gasteiger partial charge in [-0.05, 0) is 36.3 Å². The third-order valence-electron chi connectivity index (χ3n) is 2.95. The predicted octanol–water partition coefficient (Wildman–Crippen LogP) is 2.78. The molecule has 140 valence electrons. The molecule has 0 unspecified atom stereocenters. The molecule has 0 aliphatic carbocycles. The van der Waals surface area contributed by atoms with Gasteiger partial charge >= 0.3 is 0 Å². The lowest BCUT2D eigenvalue weighted by atomic mass is 10.2. The minimum absolute atomic E-state index is 0.00663. The number of halogens is 2. The summed E-state index contributed by atoms with van der Waals surface area (Å²) in [5, 5.41) is 10.8. The first-order chi connectivity index (χ1) is 16.3. The molecule has 0 atom stereocenters. The summed E-state index contributed by atoms with van der Waals surface area (Å²) in [5.41, 5.74) is -0.958. The van der Waals surface area contributed by atoms with Crippen molar-refractivity contribution < 1.29 is 30.3 Å². The molecule has 0 saturated carbocycles. The summed E-state index contributed by atoms with van der Waals surface area (Å²) >= 11 is 11.8. The monoisotopic (exact) mass is 434 g/mol. The van der Waals surface area contributed by atoms with Crippen LogP contribution in [0.5, 0.6) is 11.5 Å². The predicted molar refractivity (Wildman–Crippen MR) is 99.5 cm³/mol. The second-order valence-corrected chi connectivity index (χ2v) is 7.40. The Hall–Kier alpha value is -2.31. The molecule has 27 heavy (non-hydrogen) atoms. The Balaban J connectivity index is 2.43. The zero-order valence-corrected chi connectivity index (χ0v) is 15.3. The number of nitrogens with one attached hydrogen (secondary N) is 1. The second-order valence-electron chi connectivity index (χ2n) is 4.80. The van der Waals surface area contributed by atoms with Crippen molar-refractivity contribution >= 4 is 39.1 Å². The van der Waals surface area contributed by atoms with Gasteiger partial charge in [-0.1, -0.05) is 23.2 Å². The summed E-state index contributed by atoms with van der Waals surface area (Å²) in [7, 11) is -5.81. The highest BCUT2D eigenvalue weighted by molar-refractivity contribution is 7.89. The molecule has 1 N–H and O–H groups in total. The second kappa shape index (κ2) is 7.74. The van der Waals surface area contributed by atoms with Crippen molar-refractivity contribution in [3.8, 4) is 17.6 Å². The maximum Gasteiger partial charge on any atom is 0.247 e. The van der Waals surface area contributed by atoms with Gasteiger partial charge in [0, 0.05) is 25.8 Å². The molecule has 0 bridgehead atoms. The third-order valence-corrected chi connectivity index (χ3v) is 4.85. The van der Waals surface area contributed by atoms with Crippen LogP contribution in [0.1, 0.15) is 17.9 Å². The van der Waals surface area contributed by atoms with Crippen LogP contribution < -0.4 is 10.1 Å². The molecule has 1 amide bonds. The van der Waals surface area contributed by atoms with Crippen LogP contribution >= 0.6 is 23.2 Å². The van der Waals surface area contributed by atoms with Crippen LogP contribution in [-0.4, -0.2) is 38.1 Å². The Morgan fingerprint density at radius 1 is 1.30 bits per heavy atom. The molecule has 0 radical (unpaired) electrons. The van der Waals surface area contributed by atoms with Gasteiger partial charge in [-0.25, -0.2) is 8.42 Å². The molecule has 1 aliphatic heterocycles. The number of carbonyl (C=O) groups excluding carboxylic acids is 1. The fourth-order valence-corrected chi connectivity index (χ4v) is 3.50. The van der Waals surface area contributed by atoms with E-state index in [2.05, 4.69) is 0 Å². The zero-order chi connectivity index (χ0) is 27.6. The van der Waals surface area contributed by atoms with E-state index in [0.717, 1.165) is 12.1 Å². The average molecular weight is 435 g/mol. The maximum absolute atomic E-state index is 13.7. The van der Waals surface area contributed by atoms with Gasteiger partial charge in [-0.3, -0.25) is 4.79 Å². The van der Waals surface area contributed by atoms with Crippen molar-refractivity contribution in [2.45, 2.75) is 4.90 Å². The van der Waals surface area contributed by atoms with Gasteiger partial charge in [0.05, 0.1) is 27.7 Å². The van der Waals surface area contributed by atoms with Gasteiger partial charge in [0.15, 0.2) is 0 Å². The molecule has 3 rings (SSSR count). The van der Waals surface area contributed by atoms with E-state index in [1.807, 2.05) is 0 Å². The van der Waals surface area contributed by atoms with Crippen LogP contribution in [0.25, 0.3) is 0 Å². The van der Waals surface area contributed by atoms with Crippen molar-refractivity contribution in [3.05, 3.63) is 51.9 Å². The number of piperazine rings is 1. The van der Waals surface area contributed by atoms with Gasteiger partial charge in [0.25, 0.3) is 0 Å². The topological polar surface area (TPSA) is 99.5 Å². The summed E-state index contributed by atoms with van der Waals surface area (Å²) in [4.78, 5) is 10.8. The normalized spacial score (nSPS) is 25.5. The van der Waals surface area contributed by atoms with Gasteiger partial charge < -0.3 is 10.1 Å². The van der Waals surface area contributed by atoms with Crippen molar-refractivity contribution in [1.29, 1.82) is 5.26 Å². The summed E-state index contributed by atoms with van der Waals surface area (Å²) in [6.07, 6.45) is 0. The zero-order valence-electron chi connectivity index (χ0n) is 21.9. The summed E-state index contributed by atoms with van der Waals surface area (Å²) in [6, 6.07) is 1.59. The number of nitrogens with zero attached hydrogens (tertiary/aromatic N) is 2. The minimum Gasteiger partial charge on any atom is -0.456 e. The molecule has 1 aliphatic rings. The fourth-order valence-electron chi connectivity index (χ4n) is 1.89. The molecule has 10 heteroatoms. The summed E-state index contributed by atoms with van der Waals surface area (Å²) in [5.74, 6) is -3.27. The smallest absolute Gasteiger partial charge is 0.247 e. The van der Waals surface area contributed by atoms with Crippen LogP contribution in [0, 0.1) is 11.3 Å². The van der Waals surface area contributed by atoms with E-state index in [0.29, 0.717) is 0 Å². The lowest BCUT2D eigenvalue weighted by molar-refractivity contribution is -0.122. The number of hydrogen-bond donors (Lipinski definition) is 1. The number of sulfonamides is 1. The number of hydrogen-bond acceptors (Lipinski definition) is 5. The number of rotatable bonds is 4. The van der Waals surface area contributed by atoms with Crippen molar-refractivity contribution in [1.82, 2.24) is 9.62 Å². The number of nitriles is 1. The van der Waals surface area contributed by atoms with Gasteiger partial charge in [-0.2, -0.15) is 9.57 Å². The molecule has 7 nitrogen and oxygen atoms in total. The van der Waals surface area contributed by atoms with E-state index in [9.17, 15) is 18.5 Å². The van der Waals surface area contributed by atoms with Crippen LogP contribution in [0.2, 0.25) is 10.0 Å². The van der Waals surface area contributed by atoms with Gasteiger partial charge in [0.1, 0.15) is 16.4 Å². The number of benzene rings is 2. The maximum atomic E-state index is 13.7. The first-order valence-electron chi connectivity index (χ1n) is 11.4. The SMILES string of the molecule is [2H]c1c([2H])c(Oc2cc(Cl)cc(Cl)c2)c(S(=O)(=O)N2C([2H])([2H])C(=O)NC([2H])([2H])C2([2H])[2H])c([2H])c1C#N. The lowest BCUT2D eigenvalue weighted by Gasteiger charge is -2.26. The standard InChI is InChI=1S/C17H13Cl2N3O4S/c18-12-6-13(19)8-14(7-12)26-15-2-1-11(9-20)5-16(15)27(24,25)22-4-3-21-17(23)10-22/h1-2,5-8H,3-4,10H2,(H,21,23)/i1D,2D,3D2,4D2,5D,10D2. The van der Waals surface area contributed by atoms with Crippen LogP contribution in [0.4, 0.5) is 0 Å². The first-order valence-corrected chi connectivity index (χ1v) is 9.06. The van der Waals surface area contributed by atoms with E-state index in [4.69, 9.17) is 40.3 Å². The van der Waals surface area contributed by atoms with Crippen molar-refractivity contribution in [3.63, 3.8) is 0 Å². The highest BCUT2D eigenvalue weighted by atomic mass is 35.5. The summed E-state index contributed by atoms with van der Waals surface area (Å²) in [6.45, 7) is -11.0. The Labute approximate surface area is 178 Å². The molecule has 1 heterocycles. The number of ether oxygens (including phenoxy) is 1. The van der Waals surface area contributed by atoms with Crippen molar-refractivity contribution in [2.24, 2.45) is 0 Å². The van der Waals surface area contributed by atoms with Gasteiger partial charge in [-0.15, -0.1) is 0 Å². The van der Waals surface area contributed by atoms with E-state index >= 15 is 0 Å². The Morgan fingerprint density at radius 2 is 2.00 bits per heavy atom. The average Bonchev–Trinajstić information content (AvgIpc) is 2.69. The van der Waals surface area contributed by atoms with E-state index in [1.165, 1.54) is 17.5 Å². The van der Waals surface area contributed by atoms with Crippen LogP contribution in [-0.2, 0) is 14.8 Å². The lowest BCUT2D eigenvalue weighted by Crippen LogP contribution is -2.49. The molecule has 1 fully saturated rings. The van der Waals surface area contributed by atoms with Gasteiger partial charge in [0.2, 0.25) is 15.9 Å². The molecular formula is C17H13Cl2N3O4S. The van der Waals surface area contributed by atoms with E-state index < -0.39 is 74.1 Å². The Kier molecular flexibility index (Phi) is 3.12. The number of carbonyl (C=O) groups is 1. The molecule has 1 saturated heterocycles. The Bertz CT molecular complexity index is 1430. The first kappa shape index (κ1) is 10.9.